The molecule has 1 saturated heterocycles. The van der Waals surface area contributed by atoms with Crippen molar-refractivity contribution in [3.8, 4) is 0 Å². The summed E-state index contributed by atoms with van der Waals surface area (Å²) in [5.74, 6) is -0.410. The van der Waals surface area contributed by atoms with E-state index in [-0.39, 0.29) is 12.6 Å². The molecule has 1 heterocycles. The number of methoxy groups -OCH3 is 1. The van der Waals surface area contributed by atoms with E-state index in [9.17, 15) is 14.4 Å². The number of piperazine rings is 1. The lowest BCUT2D eigenvalue weighted by molar-refractivity contribution is -0.00387. The van der Waals surface area contributed by atoms with Gasteiger partial charge in [-0.2, -0.15) is 0 Å². The summed E-state index contributed by atoms with van der Waals surface area (Å²) in [4.78, 5) is 40.8. The van der Waals surface area contributed by atoms with Gasteiger partial charge in [-0.1, -0.05) is 36.4 Å². The number of carbonyl (C=O) groups is 3. The number of hydrogen-bond acceptors (Lipinski definition) is 7. The van der Waals surface area contributed by atoms with Crippen molar-refractivity contribution in [1.82, 2.24) is 9.80 Å². The molecule has 0 aromatic heterocycles. The lowest BCUT2D eigenvalue weighted by Gasteiger charge is -2.41. The molecule has 1 fully saturated rings. The SMILES string of the molecule is COC(=O)c1cccc(NCC[C@@H]2CN(C(=O)OCc3ccccc3)CCN2C(=O)OC(C)(C)C)c1. The number of anilines is 1. The molecule has 2 aromatic rings. The third kappa shape index (κ3) is 7.90. The normalized spacial score (nSPS) is 15.7. The van der Waals surface area contributed by atoms with Crippen LogP contribution in [0.15, 0.2) is 54.6 Å². The van der Waals surface area contributed by atoms with Gasteiger partial charge >= 0.3 is 18.2 Å². The summed E-state index contributed by atoms with van der Waals surface area (Å²) in [5, 5.41) is 3.29. The van der Waals surface area contributed by atoms with E-state index >= 15 is 0 Å². The van der Waals surface area contributed by atoms with Crippen molar-refractivity contribution in [1.29, 1.82) is 0 Å². The Bertz CT molecular complexity index is 1040. The van der Waals surface area contributed by atoms with Crippen LogP contribution >= 0.6 is 0 Å². The fourth-order valence-electron chi connectivity index (χ4n) is 3.90. The van der Waals surface area contributed by atoms with E-state index in [4.69, 9.17) is 14.2 Å². The van der Waals surface area contributed by atoms with Crippen molar-refractivity contribution in [2.24, 2.45) is 0 Å². The number of carbonyl (C=O) groups excluding carboxylic acids is 3. The number of nitrogens with zero attached hydrogens (tertiary/aromatic N) is 2. The van der Waals surface area contributed by atoms with Crippen molar-refractivity contribution < 1.29 is 28.6 Å². The van der Waals surface area contributed by atoms with Crippen LogP contribution in [0, 0.1) is 0 Å². The van der Waals surface area contributed by atoms with E-state index in [1.54, 1.807) is 28.0 Å². The Morgan fingerprint density at radius 3 is 2.44 bits per heavy atom. The van der Waals surface area contributed by atoms with Crippen LogP contribution in [0.3, 0.4) is 0 Å². The van der Waals surface area contributed by atoms with Crippen LogP contribution in [0.4, 0.5) is 15.3 Å². The fraction of sp³-hybridized carbons (Fsp3) is 0.444. The minimum absolute atomic E-state index is 0.189. The smallest absolute Gasteiger partial charge is 0.410 e. The van der Waals surface area contributed by atoms with Gasteiger partial charge in [0.15, 0.2) is 0 Å². The maximum atomic E-state index is 12.9. The molecule has 0 aliphatic carbocycles. The van der Waals surface area contributed by atoms with Crippen molar-refractivity contribution in [2.75, 3.05) is 38.6 Å². The number of benzene rings is 2. The monoisotopic (exact) mass is 497 g/mol. The topological polar surface area (TPSA) is 97.4 Å². The van der Waals surface area contributed by atoms with Gasteiger partial charge in [-0.25, -0.2) is 14.4 Å². The van der Waals surface area contributed by atoms with Gasteiger partial charge in [0.05, 0.1) is 18.7 Å². The zero-order chi connectivity index (χ0) is 26.1. The number of ether oxygens (including phenoxy) is 3. The Hall–Kier alpha value is -3.75. The van der Waals surface area contributed by atoms with E-state index < -0.39 is 23.8 Å². The van der Waals surface area contributed by atoms with Gasteiger partial charge in [-0.05, 0) is 51.0 Å². The summed E-state index contributed by atoms with van der Waals surface area (Å²) in [6.45, 7) is 7.22. The van der Waals surface area contributed by atoms with E-state index in [1.807, 2.05) is 57.2 Å². The Kier molecular flexibility index (Phi) is 9.16. The first-order chi connectivity index (χ1) is 17.2. The van der Waals surface area contributed by atoms with Gasteiger partial charge < -0.3 is 29.3 Å². The summed E-state index contributed by atoms with van der Waals surface area (Å²) in [7, 11) is 1.34. The molecule has 9 heteroatoms. The summed E-state index contributed by atoms with van der Waals surface area (Å²) >= 11 is 0. The molecule has 1 aliphatic heterocycles. The number of amides is 2. The molecule has 2 aromatic carbocycles. The summed E-state index contributed by atoms with van der Waals surface area (Å²) in [6.07, 6.45) is -0.256. The van der Waals surface area contributed by atoms with Gasteiger partial charge in [-0.15, -0.1) is 0 Å². The quantitative estimate of drug-likeness (QED) is 0.443. The minimum Gasteiger partial charge on any atom is -0.465 e. The molecule has 9 nitrogen and oxygen atoms in total. The summed E-state index contributed by atoms with van der Waals surface area (Å²) in [6, 6.07) is 16.3. The third-order valence-corrected chi connectivity index (χ3v) is 5.66. The summed E-state index contributed by atoms with van der Waals surface area (Å²) in [5.41, 5.74) is 1.49. The van der Waals surface area contributed by atoms with E-state index in [0.717, 1.165) is 11.3 Å². The van der Waals surface area contributed by atoms with Gasteiger partial charge in [-0.3, -0.25) is 0 Å². The second-order valence-corrected chi connectivity index (χ2v) is 9.60. The molecular weight excluding hydrogens is 462 g/mol. The first kappa shape index (κ1) is 26.8. The summed E-state index contributed by atoms with van der Waals surface area (Å²) < 4.78 is 15.9. The van der Waals surface area contributed by atoms with Crippen LogP contribution in [0.5, 0.6) is 0 Å². The Balaban J connectivity index is 1.63. The van der Waals surface area contributed by atoms with Crippen molar-refractivity contribution in [2.45, 2.75) is 45.4 Å². The Morgan fingerprint density at radius 1 is 1.00 bits per heavy atom. The number of nitrogens with one attached hydrogen (secondary N) is 1. The van der Waals surface area contributed by atoms with Crippen LogP contribution in [0.2, 0.25) is 0 Å². The second kappa shape index (κ2) is 12.3. The highest BCUT2D eigenvalue weighted by atomic mass is 16.6. The average Bonchev–Trinajstić information content (AvgIpc) is 2.86. The highest BCUT2D eigenvalue weighted by Crippen LogP contribution is 2.20. The van der Waals surface area contributed by atoms with Crippen molar-refractivity contribution in [3.05, 3.63) is 65.7 Å². The predicted octanol–water partition coefficient (Wildman–Crippen LogP) is 4.53. The first-order valence-electron chi connectivity index (χ1n) is 12.0. The van der Waals surface area contributed by atoms with Crippen LogP contribution in [0.1, 0.15) is 43.1 Å². The lowest BCUT2D eigenvalue weighted by Crippen LogP contribution is -2.57. The van der Waals surface area contributed by atoms with Gasteiger partial charge in [0.25, 0.3) is 0 Å². The second-order valence-electron chi connectivity index (χ2n) is 9.60. The lowest BCUT2D eigenvalue weighted by atomic mass is 10.1. The molecule has 1 atom stereocenters. The third-order valence-electron chi connectivity index (χ3n) is 5.66. The number of rotatable bonds is 7. The maximum Gasteiger partial charge on any atom is 0.410 e. The highest BCUT2D eigenvalue weighted by molar-refractivity contribution is 5.90. The molecule has 0 radical (unpaired) electrons. The maximum absolute atomic E-state index is 12.9. The predicted molar refractivity (Wildman–Crippen MR) is 136 cm³/mol. The standard InChI is InChI=1S/C27H35N3O6/c1-27(2,3)36-26(33)30-16-15-29(25(32)35-19-20-9-6-5-7-10-20)18-23(30)13-14-28-22-12-8-11-21(17-22)24(31)34-4/h5-12,17,23,28H,13-16,18-19H2,1-4H3/t23-/m1/s1. The van der Waals surface area contributed by atoms with Gasteiger partial charge in [0.1, 0.15) is 12.2 Å². The van der Waals surface area contributed by atoms with Gasteiger partial charge in [0.2, 0.25) is 0 Å². The molecule has 0 spiro atoms. The van der Waals surface area contributed by atoms with Crippen LogP contribution in [-0.4, -0.2) is 72.9 Å². The molecule has 0 saturated carbocycles. The van der Waals surface area contributed by atoms with E-state index in [1.165, 1.54) is 7.11 Å². The number of esters is 1. The van der Waals surface area contributed by atoms with Crippen LogP contribution < -0.4 is 5.32 Å². The minimum atomic E-state index is -0.625. The van der Waals surface area contributed by atoms with Crippen molar-refractivity contribution >= 4 is 23.8 Å². The Morgan fingerprint density at radius 2 is 1.75 bits per heavy atom. The molecule has 3 rings (SSSR count). The highest BCUT2D eigenvalue weighted by Gasteiger charge is 2.35. The molecule has 194 valence electrons. The molecular formula is C27H35N3O6. The number of hydrogen-bond donors (Lipinski definition) is 1. The van der Waals surface area contributed by atoms with Gasteiger partial charge in [0, 0.05) is 31.9 Å². The first-order valence-corrected chi connectivity index (χ1v) is 12.0. The molecule has 0 unspecified atom stereocenters. The van der Waals surface area contributed by atoms with Crippen LogP contribution in [0.25, 0.3) is 0 Å². The molecule has 36 heavy (non-hydrogen) atoms. The Labute approximate surface area is 212 Å². The molecule has 1 aliphatic rings. The van der Waals surface area contributed by atoms with Crippen LogP contribution in [-0.2, 0) is 20.8 Å². The zero-order valence-electron chi connectivity index (χ0n) is 21.4. The van der Waals surface area contributed by atoms with E-state index in [0.29, 0.717) is 38.2 Å². The van der Waals surface area contributed by atoms with E-state index in [2.05, 4.69) is 5.32 Å². The largest absolute Gasteiger partial charge is 0.465 e. The molecule has 2 amide bonds. The fourth-order valence-corrected chi connectivity index (χ4v) is 3.90. The molecule has 1 N–H and O–H groups in total. The van der Waals surface area contributed by atoms with Crippen molar-refractivity contribution in [3.63, 3.8) is 0 Å². The molecule has 0 bridgehead atoms. The average molecular weight is 498 g/mol. The zero-order valence-corrected chi connectivity index (χ0v) is 21.4.